The maximum atomic E-state index is 12.1. The Morgan fingerprint density at radius 2 is 1.92 bits per heavy atom. The summed E-state index contributed by atoms with van der Waals surface area (Å²) in [5.41, 5.74) is 2.09. The molecule has 1 heterocycles. The van der Waals surface area contributed by atoms with Crippen molar-refractivity contribution in [2.24, 2.45) is 0 Å². The van der Waals surface area contributed by atoms with E-state index in [1.165, 1.54) is 0 Å². The van der Waals surface area contributed by atoms with Gasteiger partial charge in [-0.15, -0.1) is 0 Å². The highest BCUT2D eigenvalue weighted by atomic mass is 16.6. The smallest absolute Gasteiger partial charge is 0.220 e. The number of hydrogen-bond acceptors (Lipinski definition) is 4. The first-order valence-electron chi connectivity index (χ1n) is 8.61. The molecule has 1 amide bonds. The van der Waals surface area contributed by atoms with E-state index in [-0.39, 0.29) is 5.91 Å². The molecule has 0 spiro atoms. The van der Waals surface area contributed by atoms with Gasteiger partial charge in [0.25, 0.3) is 0 Å². The predicted octanol–water partition coefficient (Wildman–Crippen LogP) is 3.11. The molecule has 1 N–H and O–H groups in total. The van der Waals surface area contributed by atoms with E-state index in [4.69, 9.17) is 14.2 Å². The maximum absolute atomic E-state index is 12.1. The molecule has 1 aliphatic rings. The van der Waals surface area contributed by atoms with Crippen LogP contribution in [0.2, 0.25) is 0 Å². The molecule has 1 aliphatic heterocycles. The first-order chi connectivity index (χ1) is 12.2. The highest BCUT2D eigenvalue weighted by molar-refractivity contribution is 5.76. The number of hydrogen-bond donors (Lipinski definition) is 1. The number of rotatable bonds is 7. The summed E-state index contributed by atoms with van der Waals surface area (Å²) in [4.78, 5) is 12.1. The maximum Gasteiger partial charge on any atom is 0.220 e. The standard InChI is InChI=1S/C20H23NO4/c1-2-23-17-5-3-4-16(12-17)14-21-20(22)9-7-15-6-8-18-19(13-15)25-11-10-24-18/h3-6,8,12-13H,2,7,9-11,14H2,1H3,(H,21,22). The van der Waals surface area contributed by atoms with Gasteiger partial charge in [0.05, 0.1) is 6.61 Å². The fourth-order valence-electron chi connectivity index (χ4n) is 2.70. The van der Waals surface area contributed by atoms with Crippen LogP contribution in [0.4, 0.5) is 0 Å². The fourth-order valence-corrected chi connectivity index (χ4v) is 2.70. The van der Waals surface area contributed by atoms with Crippen molar-refractivity contribution < 1.29 is 19.0 Å². The molecule has 2 aromatic rings. The normalized spacial score (nSPS) is 12.5. The Labute approximate surface area is 147 Å². The van der Waals surface area contributed by atoms with Crippen LogP contribution in [0.25, 0.3) is 0 Å². The van der Waals surface area contributed by atoms with Gasteiger partial charge in [-0.1, -0.05) is 18.2 Å². The van der Waals surface area contributed by atoms with Gasteiger partial charge in [0.15, 0.2) is 11.5 Å². The van der Waals surface area contributed by atoms with E-state index >= 15 is 0 Å². The SMILES string of the molecule is CCOc1cccc(CNC(=O)CCc2ccc3c(c2)OCCO3)c1. The van der Waals surface area contributed by atoms with E-state index < -0.39 is 0 Å². The molecule has 0 aromatic heterocycles. The summed E-state index contributed by atoms with van der Waals surface area (Å²) >= 11 is 0. The Kier molecular flexibility index (Phi) is 5.77. The zero-order valence-corrected chi connectivity index (χ0v) is 14.4. The summed E-state index contributed by atoms with van der Waals surface area (Å²) in [6, 6.07) is 13.6. The third kappa shape index (κ3) is 4.89. The average Bonchev–Trinajstić information content (AvgIpc) is 2.65. The van der Waals surface area contributed by atoms with Gasteiger partial charge >= 0.3 is 0 Å². The third-order valence-electron chi connectivity index (χ3n) is 3.95. The predicted molar refractivity (Wildman–Crippen MR) is 95.2 cm³/mol. The molecular weight excluding hydrogens is 318 g/mol. The molecule has 5 nitrogen and oxygen atoms in total. The second-order valence-electron chi connectivity index (χ2n) is 5.84. The summed E-state index contributed by atoms with van der Waals surface area (Å²) in [5, 5.41) is 2.95. The van der Waals surface area contributed by atoms with Gasteiger partial charge < -0.3 is 19.5 Å². The van der Waals surface area contributed by atoms with Crippen LogP contribution in [0, 0.1) is 0 Å². The van der Waals surface area contributed by atoms with Crippen LogP contribution in [-0.4, -0.2) is 25.7 Å². The Hall–Kier alpha value is -2.69. The molecule has 0 fully saturated rings. The fraction of sp³-hybridized carbons (Fsp3) is 0.350. The quantitative estimate of drug-likeness (QED) is 0.841. The van der Waals surface area contributed by atoms with Gasteiger partial charge in [0.2, 0.25) is 5.91 Å². The zero-order valence-electron chi connectivity index (χ0n) is 14.4. The van der Waals surface area contributed by atoms with Crippen LogP contribution in [0.5, 0.6) is 17.2 Å². The van der Waals surface area contributed by atoms with E-state index in [1.54, 1.807) is 0 Å². The molecule has 0 atom stereocenters. The molecular formula is C20H23NO4. The van der Waals surface area contributed by atoms with E-state index in [9.17, 15) is 4.79 Å². The molecule has 5 heteroatoms. The number of ether oxygens (including phenoxy) is 3. The monoisotopic (exact) mass is 341 g/mol. The minimum absolute atomic E-state index is 0.0247. The molecule has 0 saturated carbocycles. The van der Waals surface area contributed by atoms with Gasteiger partial charge in [-0.2, -0.15) is 0 Å². The van der Waals surface area contributed by atoms with E-state index in [2.05, 4.69) is 5.32 Å². The minimum Gasteiger partial charge on any atom is -0.494 e. The molecule has 2 aromatic carbocycles. The lowest BCUT2D eigenvalue weighted by Gasteiger charge is -2.18. The molecule has 3 rings (SSSR count). The largest absolute Gasteiger partial charge is 0.494 e. The van der Waals surface area contributed by atoms with Gasteiger partial charge in [-0.3, -0.25) is 4.79 Å². The average molecular weight is 341 g/mol. The number of carbonyl (C=O) groups is 1. The summed E-state index contributed by atoms with van der Waals surface area (Å²) in [6.45, 7) is 4.23. The van der Waals surface area contributed by atoms with Crippen molar-refractivity contribution >= 4 is 5.91 Å². The zero-order chi connectivity index (χ0) is 17.5. The third-order valence-corrected chi connectivity index (χ3v) is 3.95. The Balaban J connectivity index is 1.47. The van der Waals surface area contributed by atoms with Gasteiger partial charge in [-0.25, -0.2) is 0 Å². The minimum atomic E-state index is 0.0247. The topological polar surface area (TPSA) is 56.8 Å². The second kappa shape index (κ2) is 8.42. The van der Waals surface area contributed by atoms with Crippen molar-refractivity contribution in [1.82, 2.24) is 5.32 Å². The van der Waals surface area contributed by atoms with Crippen molar-refractivity contribution in [1.29, 1.82) is 0 Å². The van der Waals surface area contributed by atoms with Crippen molar-refractivity contribution in [3.63, 3.8) is 0 Å². The van der Waals surface area contributed by atoms with E-state index in [0.717, 1.165) is 28.4 Å². The van der Waals surface area contributed by atoms with Crippen molar-refractivity contribution in [2.45, 2.75) is 26.3 Å². The van der Waals surface area contributed by atoms with Gasteiger partial charge in [0.1, 0.15) is 19.0 Å². The lowest BCUT2D eigenvalue weighted by molar-refractivity contribution is -0.121. The second-order valence-corrected chi connectivity index (χ2v) is 5.84. The molecule has 0 bridgehead atoms. The number of nitrogens with one attached hydrogen (secondary N) is 1. The summed E-state index contributed by atoms with van der Waals surface area (Å²) in [5.74, 6) is 2.38. The first kappa shape index (κ1) is 17.1. The Morgan fingerprint density at radius 1 is 1.08 bits per heavy atom. The molecule has 0 saturated heterocycles. The molecule has 132 valence electrons. The number of aryl methyl sites for hydroxylation is 1. The van der Waals surface area contributed by atoms with Crippen LogP contribution in [0.3, 0.4) is 0 Å². The van der Waals surface area contributed by atoms with Crippen LogP contribution < -0.4 is 19.5 Å². The molecule has 0 radical (unpaired) electrons. The lowest BCUT2D eigenvalue weighted by atomic mass is 10.1. The summed E-state index contributed by atoms with van der Waals surface area (Å²) in [7, 11) is 0. The molecule has 0 unspecified atom stereocenters. The number of carbonyl (C=O) groups excluding carboxylic acids is 1. The highest BCUT2D eigenvalue weighted by Gasteiger charge is 2.12. The van der Waals surface area contributed by atoms with Crippen LogP contribution in [0.15, 0.2) is 42.5 Å². The van der Waals surface area contributed by atoms with E-state index in [1.807, 2.05) is 49.4 Å². The van der Waals surface area contributed by atoms with Crippen molar-refractivity contribution in [3.05, 3.63) is 53.6 Å². The Morgan fingerprint density at radius 3 is 2.76 bits per heavy atom. The number of amides is 1. The lowest BCUT2D eigenvalue weighted by Crippen LogP contribution is -2.23. The van der Waals surface area contributed by atoms with Crippen LogP contribution >= 0.6 is 0 Å². The first-order valence-corrected chi connectivity index (χ1v) is 8.61. The van der Waals surface area contributed by atoms with Gasteiger partial charge in [0, 0.05) is 13.0 Å². The van der Waals surface area contributed by atoms with Crippen LogP contribution in [0.1, 0.15) is 24.5 Å². The number of benzene rings is 2. The number of fused-ring (bicyclic) bond motifs is 1. The molecule has 25 heavy (non-hydrogen) atoms. The van der Waals surface area contributed by atoms with Crippen molar-refractivity contribution in [3.8, 4) is 17.2 Å². The van der Waals surface area contributed by atoms with E-state index in [0.29, 0.717) is 39.2 Å². The molecule has 0 aliphatic carbocycles. The Bertz CT molecular complexity index is 729. The van der Waals surface area contributed by atoms with Crippen molar-refractivity contribution in [2.75, 3.05) is 19.8 Å². The summed E-state index contributed by atoms with van der Waals surface area (Å²) in [6.07, 6.45) is 1.10. The van der Waals surface area contributed by atoms with Gasteiger partial charge in [-0.05, 0) is 48.7 Å². The summed E-state index contributed by atoms with van der Waals surface area (Å²) < 4.78 is 16.5. The highest BCUT2D eigenvalue weighted by Crippen LogP contribution is 2.31. The van der Waals surface area contributed by atoms with Crippen LogP contribution in [-0.2, 0) is 17.8 Å².